The Balaban J connectivity index is 1.51. The number of hydrogen-bond acceptors (Lipinski definition) is 7. The molecule has 0 N–H and O–H groups in total. The third kappa shape index (κ3) is 5.26. The molecule has 1 atom stereocenters. The molecule has 0 fully saturated rings. The molecule has 0 radical (unpaired) electrons. The summed E-state index contributed by atoms with van der Waals surface area (Å²) >= 11 is 8.84. The van der Waals surface area contributed by atoms with Gasteiger partial charge in [0.2, 0.25) is 0 Å². The van der Waals surface area contributed by atoms with Gasteiger partial charge in [-0.25, -0.2) is 9.79 Å². The summed E-state index contributed by atoms with van der Waals surface area (Å²) in [6, 6.07) is 22.7. The number of halogens is 1. The van der Waals surface area contributed by atoms with Crippen molar-refractivity contribution in [1.29, 1.82) is 0 Å². The lowest BCUT2D eigenvalue weighted by atomic mass is 10.0. The van der Waals surface area contributed by atoms with Crippen molar-refractivity contribution >= 4 is 57.1 Å². The van der Waals surface area contributed by atoms with Crippen LogP contribution in [0.1, 0.15) is 35.9 Å². The molecule has 0 saturated heterocycles. The molecule has 0 aliphatic carbocycles. The van der Waals surface area contributed by atoms with Crippen LogP contribution in [0.5, 0.6) is 5.75 Å². The Morgan fingerprint density at radius 2 is 1.88 bits per heavy atom. The van der Waals surface area contributed by atoms with E-state index in [4.69, 9.17) is 21.1 Å². The molecule has 6 nitrogen and oxygen atoms in total. The van der Waals surface area contributed by atoms with E-state index in [-0.39, 0.29) is 12.2 Å². The fourth-order valence-corrected chi connectivity index (χ4v) is 6.91. The normalized spacial score (nSPS) is 15.1. The number of thiophene rings is 1. The van der Waals surface area contributed by atoms with Crippen LogP contribution in [-0.2, 0) is 16.1 Å². The zero-order valence-corrected chi connectivity index (χ0v) is 24.7. The summed E-state index contributed by atoms with van der Waals surface area (Å²) in [5.74, 6) is 0.191. The molecule has 0 bridgehead atoms. The van der Waals surface area contributed by atoms with E-state index in [1.165, 1.54) is 22.7 Å². The first-order chi connectivity index (χ1) is 19.9. The largest absolute Gasteiger partial charge is 0.488 e. The first kappa shape index (κ1) is 27.2. The number of allylic oxidation sites excluding steroid dienone is 1. The van der Waals surface area contributed by atoms with Gasteiger partial charge in [0.1, 0.15) is 18.4 Å². The Hall–Kier alpha value is -3.98. The number of nitrogens with zero attached hydrogens (tertiary/aromatic N) is 2. The van der Waals surface area contributed by atoms with E-state index in [0.29, 0.717) is 38.0 Å². The number of rotatable bonds is 7. The molecule has 5 aromatic rings. The lowest BCUT2D eigenvalue weighted by Crippen LogP contribution is -2.39. The molecular formula is C32H25ClN2O4S2. The Bertz CT molecular complexity index is 1970. The zero-order valence-electron chi connectivity index (χ0n) is 22.3. The van der Waals surface area contributed by atoms with Crippen LogP contribution in [0.15, 0.2) is 99.2 Å². The van der Waals surface area contributed by atoms with E-state index in [0.717, 1.165) is 26.8 Å². The van der Waals surface area contributed by atoms with Crippen LogP contribution in [-0.4, -0.2) is 17.1 Å². The minimum absolute atomic E-state index is 0.224. The van der Waals surface area contributed by atoms with Crippen LogP contribution >= 0.6 is 34.3 Å². The van der Waals surface area contributed by atoms with Gasteiger partial charge in [-0.1, -0.05) is 71.5 Å². The van der Waals surface area contributed by atoms with Gasteiger partial charge in [0.25, 0.3) is 5.56 Å². The zero-order chi connectivity index (χ0) is 28.5. The van der Waals surface area contributed by atoms with Gasteiger partial charge < -0.3 is 9.47 Å². The van der Waals surface area contributed by atoms with E-state index in [9.17, 15) is 9.59 Å². The van der Waals surface area contributed by atoms with Crippen LogP contribution in [0.3, 0.4) is 0 Å². The van der Waals surface area contributed by atoms with Crippen molar-refractivity contribution in [3.63, 3.8) is 0 Å². The number of benzene rings is 3. The number of esters is 1. The molecule has 206 valence electrons. The summed E-state index contributed by atoms with van der Waals surface area (Å²) in [6.45, 7) is 4.13. The molecule has 2 aromatic heterocycles. The highest BCUT2D eigenvalue weighted by molar-refractivity contribution is 7.10. The van der Waals surface area contributed by atoms with Crippen molar-refractivity contribution in [2.24, 2.45) is 4.99 Å². The van der Waals surface area contributed by atoms with E-state index in [2.05, 4.69) is 4.99 Å². The van der Waals surface area contributed by atoms with Crippen LogP contribution in [0.4, 0.5) is 0 Å². The van der Waals surface area contributed by atoms with Crippen molar-refractivity contribution in [3.05, 3.63) is 130 Å². The fourth-order valence-electron chi connectivity index (χ4n) is 4.93. The molecule has 0 unspecified atom stereocenters. The highest BCUT2D eigenvalue weighted by Gasteiger charge is 2.34. The summed E-state index contributed by atoms with van der Waals surface area (Å²) in [5, 5.41) is 4.59. The number of carbonyl (C=O) groups is 1. The molecule has 9 heteroatoms. The summed E-state index contributed by atoms with van der Waals surface area (Å²) < 4.78 is 13.8. The Labute approximate surface area is 249 Å². The molecule has 0 saturated carbocycles. The summed E-state index contributed by atoms with van der Waals surface area (Å²) in [7, 11) is 0. The Morgan fingerprint density at radius 1 is 1.07 bits per heavy atom. The number of ether oxygens (including phenoxy) is 2. The van der Waals surface area contributed by atoms with E-state index < -0.39 is 12.0 Å². The molecule has 1 aliphatic heterocycles. The summed E-state index contributed by atoms with van der Waals surface area (Å²) in [5.41, 5.74) is 2.48. The SMILES string of the molecule is CCOC(=O)C1=C(C)N=c2s/c(=C\c3c(OCc4ccc(Cl)cc4)ccc4ccccc34)c(=O)n2[C@H]1c1cccs1. The van der Waals surface area contributed by atoms with Crippen LogP contribution in [0, 0.1) is 0 Å². The highest BCUT2D eigenvalue weighted by atomic mass is 35.5. The smallest absolute Gasteiger partial charge is 0.338 e. The maximum atomic E-state index is 14.1. The maximum absolute atomic E-state index is 14.1. The van der Waals surface area contributed by atoms with E-state index in [1.807, 2.05) is 84.3 Å². The molecule has 3 aromatic carbocycles. The predicted molar refractivity (Wildman–Crippen MR) is 164 cm³/mol. The first-order valence-corrected chi connectivity index (χ1v) is 15.1. The minimum Gasteiger partial charge on any atom is -0.488 e. The topological polar surface area (TPSA) is 69.9 Å². The number of aromatic nitrogens is 1. The van der Waals surface area contributed by atoms with Gasteiger partial charge in [-0.2, -0.15) is 0 Å². The van der Waals surface area contributed by atoms with Gasteiger partial charge in [0.15, 0.2) is 4.80 Å². The third-order valence-electron chi connectivity index (χ3n) is 6.84. The van der Waals surface area contributed by atoms with E-state index in [1.54, 1.807) is 18.4 Å². The lowest BCUT2D eigenvalue weighted by molar-refractivity contribution is -0.139. The Kier molecular flexibility index (Phi) is 7.62. The first-order valence-electron chi connectivity index (χ1n) is 13.1. The second-order valence-electron chi connectivity index (χ2n) is 9.43. The minimum atomic E-state index is -0.611. The second-order valence-corrected chi connectivity index (χ2v) is 11.9. The molecule has 41 heavy (non-hydrogen) atoms. The Morgan fingerprint density at radius 3 is 2.63 bits per heavy atom. The maximum Gasteiger partial charge on any atom is 0.338 e. The van der Waals surface area contributed by atoms with Gasteiger partial charge >= 0.3 is 5.97 Å². The molecule has 3 heterocycles. The lowest BCUT2D eigenvalue weighted by Gasteiger charge is -2.23. The van der Waals surface area contributed by atoms with Gasteiger partial charge in [-0.15, -0.1) is 11.3 Å². The molecule has 0 spiro atoms. The highest BCUT2D eigenvalue weighted by Crippen LogP contribution is 2.33. The average molecular weight is 601 g/mol. The van der Waals surface area contributed by atoms with Crippen molar-refractivity contribution < 1.29 is 14.3 Å². The van der Waals surface area contributed by atoms with Crippen LogP contribution in [0.2, 0.25) is 5.02 Å². The van der Waals surface area contributed by atoms with Crippen LogP contribution < -0.4 is 19.6 Å². The number of fused-ring (bicyclic) bond motifs is 2. The van der Waals surface area contributed by atoms with Gasteiger partial charge in [0.05, 0.1) is 22.4 Å². The summed E-state index contributed by atoms with van der Waals surface area (Å²) in [6.07, 6.45) is 1.87. The van der Waals surface area contributed by atoms with Crippen molar-refractivity contribution in [2.75, 3.05) is 6.61 Å². The number of thiazole rings is 1. The second kappa shape index (κ2) is 11.5. The van der Waals surface area contributed by atoms with Gasteiger partial charge in [-0.05, 0) is 65.9 Å². The van der Waals surface area contributed by atoms with Crippen molar-refractivity contribution in [1.82, 2.24) is 4.57 Å². The standard InChI is InChI=1S/C32H25ClN2O4S2/c1-3-38-31(37)28-19(2)34-32-35(29(28)26-9-6-16-40-26)30(36)27(41-32)17-24-23-8-5-4-7-21(23)12-15-25(24)39-18-20-10-13-22(33)14-11-20/h4-17,29H,3,18H2,1-2H3/b27-17-/t29-/m0/s1. The predicted octanol–water partition coefficient (Wildman–Crippen LogP) is 6.25. The van der Waals surface area contributed by atoms with E-state index >= 15 is 0 Å². The van der Waals surface area contributed by atoms with Crippen molar-refractivity contribution in [2.45, 2.75) is 26.5 Å². The van der Waals surface area contributed by atoms with Gasteiger partial charge in [-0.3, -0.25) is 9.36 Å². The number of hydrogen-bond donors (Lipinski definition) is 0. The van der Waals surface area contributed by atoms with Crippen molar-refractivity contribution in [3.8, 4) is 5.75 Å². The monoisotopic (exact) mass is 600 g/mol. The average Bonchev–Trinajstić information content (AvgIpc) is 3.61. The quantitative estimate of drug-likeness (QED) is 0.207. The fraction of sp³-hybridized carbons (Fsp3) is 0.156. The molecule has 1 aliphatic rings. The number of carbonyl (C=O) groups excluding carboxylic acids is 1. The van der Waals surface area contributed by atoms with Crippen LogP contribution in [0.25, 0.3) is 16.8 Å². The molecule has 0 amide bonds. The summed E-state index contributed by atoms with van der Waals surface area (Å²) in [4.78, 5) is 33.2. The third-order valence-corrected chi connectivity index (χ3v) is 9.00. The molecular weight excluding hydrogens is 576 g/mol. The van der Waals surface area contributed by atoms with Gasteiger partial charge in [0, 0.05) is 15.5 Å². The molecule has 6 rings (SSSR count).